The number of rotatable bonds is 6. The highest BCUT2D eigenvalue weighted by Crippen LogP contribution is 2.23. The van der Waals surface area contributed by atoms with E-state index in [0.717, 1.165) is 24.8 Å². The van der Waals surface area contributed by atoms with E-state index in [1.165, 1.54) is 0 Å². The lowest BCUT2D eigenvalue weighted by Gasteiger charge is -2.19. The van der Waals surface area contributed by atoms with Crippen molar-refractivity contribution in [1.29, 1.82) is 0 Å². The molecule has 0 amide bonds. The Morgan fingerprint density at radius 1 is 1.06 bits per heavy atom. The molecule has 0 spiro atoms. The minimum absolute atomic E-state index is 0.0350. The highest BCUT2D eigenvalue weighted by atomic mass is 16.5. The third-order valence-corrected chi connectivity index (χ3v) is 3.12. The van der Waals surface area contributed by atoms with Gasteiger partial charge in [0.1, 0.15) is 6.10 Å². The number of hydrogen-bond acceptors (Lipinski definition) is 2. The molecule has 0 heterocycles. The summed E-state index contributed by atoms with van der Waals surface area (Å²) in [6.45, 7) is 6.09. The van der Waals surface area contributed by atoms with Crippen LogP contribution in [-0.4, -0.2) is 5.97 Å². The Kier molecular flexibility index (Phi) is 5.75. The molecule has 0 radical (unpaired) electrons. The van der Waals surface area contributed by atoms with Crippen LogP contribution in [0, 0.1) is 5.92 Å². The van der Waals surface area contributed by atoms with Crippen molar-refractivity contribution < 1.29 is 9.53 Å². The van der Waals surface area contributed by atoms with Crippen LogP contribution in [0.1, 0.15) is 51.7 Å². The zero-order valence-corrected chi connectivity index (χ0v) is 11.0. The van der Waals surface area contributed by atoms with Crippen molar-refractivity contribution in [2.24, 2.45) is 5.92 Å². The highest BCUT2D eigenvalue weighted by Gasteiger charge is 2.20. The summed E-state index contributed by atoms with van der Waals surface area (Å²) >= 11 is 0. The lowest BCUT2D eigenvalue weighted by molar-refractivity contribution is -0.155. The first-order chi connectivity index (χ1) is 8.22. The zero-order chi connectivity index (χ0) is 12.7. The van der Waals surface area contributed by atoms with E-state index < -0.39 is 0 Å². The van der Waals surface area contributed by atoms with E-state index in [-0.39, 0.29) is 18.0 Å². The quantitative estimate of drug-likeness (QED) is 0.692. The van der Waals surface area contributed by atoms with Crippen molar-refractivity contribution in [2.45, 2.75) is 46.1 Å². The van der Waals surface area contributed by atoms with E-state index in [1.807, 2.05) is 51.1 Å². The summed E-state index contributed by atoms with van der Waals surface area (Å²) in [5.41, 5.74) is 1.08. The first kappa shape index (κ1) is 13.8. The molecule has 1 atom stereocenters. The lowest BCUT2D eigenvalue weighted by atomic mass is 10.0. The smallest absolute Gasteiger partial charge is 0.309 e. The van der Waals surface area contributed by atoms with Gasteiger partial charge in [-0.05, 0) is 24.8 Å². The van der Waals surface area contributed by atoms with Crippen molar-refractivity contribution in [3.63, 3.8) is 0 Å². The monoisotopic (exact) mass is 234 g/mol. The number of benzene rings is 1. The van der Waals surface area contributed by atoms with Gasteiger partial charge in [-0.2, -0.15) is 0 Å². The van der Waals surface area contributed by atoms with Crippen LogP contribution in [0.4, 0.5) is 0 Å². The zero-order valence-electron chi connectivity index (χ0n) is 11.0. The van der Waals surface area contributed by atoms with Crippen molar-refractivity contribution in [1.82, 2.24) is 0 Å². The van der Waals surface area contributed by atoms with Crippen molar-refractivity contribution in [2.75, 3.05) is 0 Å². The SMILES string of the molecule is CCC(CC)C(=O)OC(CC)c1ccccc1. The van der Waals surface area contributed by atoms with Crippen LogP contribution < -0.4 is 0 Å². The van der Waals surface area contributed by atoms with E-state index in [0.29, 0.717) is 0 Å². The molecule has 0 N–H and O–H groups in total. The Balaban J connectivity index is 2.68. The summed E-state index contributed by atoms with van der Waals surface area (Å²) < 4.78 is 5.59. The summed E-state index contributed by atoms with van der Waals surface area (Å²) in [6.07, 6.45) is 2.40. The molecule has 0 aliphatic rings. The lowest BCUT2D eigenvalue weighted by Crippen LogP contribution is -2.19. The molecule has 1 aromatic rings. The number of esters is 1. The molecule has 2 heteroatoms. The van der Waals surface area contributed by atoms with Gasteiger partial charge in [-0.15, -0.1) is 0 Å². The molecule has 1 rings (SSSR count). The highest BCUT2D eigenvalue weighted by molar-refractivity contribution is 5.72. The van der Waals surface area contributed by atoms with Gasteiger partial charge >= 0.3 is 5.97 Å². The van der Waals surface area contributed by atoms with Gasteiger partial charge in [0.25, 0.3) is 0 Å². The topological polar surface area (TPSA) is 26.3 Å². The largest absolute Gasteiger partial charge is 0.457 e. The maximum atomic E-state index is 11.9. The Bertz CT molecular complexity index is 328. The van der Waals surface area contributed by atoms with Gasteiger partial charge < -0.3 is 4.74 Å². The van der Waals surface area contributed by atoms with Gasteiger partial charge in [0.15, 0.2) is 0 Å². The summed E-state index contributed by atoms with van der Waals surface area (Å²) in [6, 6.07) is 9.94. The second-order valence-electron chi connectivity index (χ2n) is 4.26. The van der Waals surface area contributed by atoms with E-state index in [1.54, 1.807) is 0 Å². The van der Waals surface area contributed by atoms with Crippen LogP contribution in [0.25, 0.3) is 0 Å². The average Bonchev–Trinajstić information content (AvgIpc) is 2.38. The molecule has 0 saturated heterocycles. The number of carbonyl (C=O) groups excluding carboxylic acids is 1. The third-order valence-electron chi connectivity index (χ3n) is 3.12. The fraction of sp³-hybridized carbons (Fsp3) is 0.533. The van der Waals surface area contributed by atoms with E-state index in [9.17, 15) is 4.79 Å². The number of hydrogen-bond donors (Lipinski definition) is 0. The maximum absolute atomic E-state index is 11.9. The van der Waals surface area contributed by atoms with Crippen molar-refractivity contribution >= 4 is 5.97 Å². The minimum atomic E-state index is -0.107. The normalized spacial score (nSPS) is 12.5. The Hall–Kier alpha value is -1.31. The van der Waals surface area contributed by atoms with Crippen LogP contribution in [0.15, 0.2) is 30.3 Å². The molecule has 1 aromatic carbocycles. The number of ether oxygens (including phenoxy) is 1. The molecule has 0 aliphatic carbocycles. The van der Waals surface area contributed by atoms with Gasteiger partial charge in [-0.3, -0.25) is 4.79 Å². The molecule has 0 aliphatic heterocycles. The van der Waals surface area contributed by atoms with Gasteiger partial charge in [0.05, 0.1) is 5.92 Å². The maximum Gasteiger partial charge on any atom is 0.309 e. The second-order valence-corrected chi connectivity index (χ2v) is 4.26. The molecule has 2 nitrogen and oxygen atoms in total. The van der Waals surface area contributed by atoms with Crippen molar-refractivity contribution in [3.8, 4) is 0 Å². The van der Waals surface area contributed by atoms with Gasteiger partial charge in [0.2, 0.25) is 0 Å². The van der Waals surface area contributed by atoms with Gasteiger partial charge in [0, 0.05) is 0 Å². The van der Waals surface area contributed by atoms with Gasteiger partial charge in [-0.1, -0.05) is 51.1 Å². The molecule has 0 aromatic heterocycles. The molecule has 17 heavy (non-hydrogen) atoms. The molecule has 1 unspecified atom stereocenters. The summed E-state index contributed by atoms with van der Waals surface area (Å²) in [5.74, 6) is -0.0292. The fourth-order valence-electron chi connectivity index (χ4n) is 1.91. The van der Waals surface area contributed by atoms with Gasteiger partial charge in [-0.25, -0.2) is 0 Å². The Labute approximate surface area is 104 Å². The molecule has 0 bridgehead atoms. The Morgan fingerprint density at radius 3 is 2.12 bits per heavy atom. The van der Waals surface area contributed by atoms with Crippen LogP contribution in [0.2, 0.25) is 0 Å². The molecular formula is C15H22O2. The molecular weight excluding hydrogens is 212 g/mol. The summed E-state index contributed by atoms with van der Waals surface area (Å²) in [4.78, 5) is 11.9. The first-order valence-electron chi connectivity index (χ1n) is 6.48. The van der Waals surface area contributed by atoms with Crippen LogP contribution in [-0.2, 0) is 9.53 Å². The minimum Gasteiger partial charge on any atom is -0.457 e. The predicted molar refractivity (Wildman–Crippen MR) is 69.6 cm³/mol. The van der Waals surface area contributed by atoms with Crippen LogP contribution in [0.5, 0.6) is 0 Å². The van der Waals surface area contributed by atoms with E-state index in [4.69, 9.17) is 4.74 Å². The predicted octanol–water partition coefficient (Wildman–Crippen LogP) is 4.12. The van der Waals surface area contributed by atoms with E-state index >= 15 is 0 Å². The first-order valence-corrected chi connectivity index (χ1v) is 6.48. The molecule has 0 saturated carbocycles. The van der Waals surface area contributed by atoms with E-state index in [2.05, 4.69) is 0 Å². The van der Waals surface area contributed by atoms with Crippen LogP contribution >= 0.6 is 0 Å². The fourth-order valence-corrected chi connectivity index (χ4v) is 1.91. The van der Waals surface area contributed by atoms with Crippen molar-refractivity contribution in [3.05, 3.63) is 35.9 Å². The molecule has 94 valence electrons. The Morgan fingerprint density at radius 2 is 1.65 bits per heavy atom. The summed E-state index contributed by atoms with van der Waals surface area (Å²) in [7, 11) is 0. The van der Waals surface area contributed by atoms with Crippen LogP contribution in [0.3, 0.4) is 0 Å². The second kappa shape index (κ2) is 7.10. The standard InChI is InChI=1S/C15H22O2/c1-4-12(5-2)15(16)17-14(6-3)13-10-8-7-9-11-13/h7-12,14H,4-6H2,1-3H3. The third kappa shape index (κ3) is 3.88. The molecule has 0 fully saturated rings. The average molecular weight is 234 g/mol. The number of carbonyl (C=O) groups is 1. The summed E-state index contributed by atoms with van der Waals surface area (Å²) in [5, 5.41) is 0.